The average Bonchev–Trinajstić information content (AvgIpc) is 3.12. The van der Waals surface area contributed by atoms with E-state index in [1.54, 1.807) is 11.3 Å². The van der Waals surface area contributed by atoms with E-state index in [2.05, 4.69) is 28.2 Å². The van der Waals surface area contributed by atoms with Crippen molar-refractivity contribution in [3.8, 4) is 22.5 Å². The van der Waals surface area contributed by atoms with Gasteiger partial charge in [0.15, 0.2) is 0 Å². The first-order valence-corrected chi connectivity index (χ1v) is 8.09. The molecule has 0 radical (unpaired) electrons. The predicted molar refractivity (Wildman–Crippen MR) is 92.3 cm³/mol. The molecule has 0 aliphatic rings. The number of rotatable bonds is 2. The zero-order chi connectivity index (χ0) is 15.1. The van der Waals surface area contributed by atoms with Crippen LogP contribution in [0.5, 0.6) is 0 Å². The average molecular weight is 326 g/mol. The molecule has 3 nitrogen and oxygen atoms in total. The quantitative estimate of drug-likeness (QED) is 0.518. The van der Waals surface area contributed by atoms with Gasteiger partial charge < -0.3 is 4.57 Å². The van der Waals surface area contributed by atoms with Gasteiger partial charge in [0.1, 0.15) is 0 Å². The van der Waals surface area contributed by atoms with E-state index >= 15 is 0 Å². The molecule has 0 unspecified atom stereocenters. The summed E-state index contributed by atoms with van der Waals surface area (Å²) in [5.41, 5.74) is 7.07. The Hall–Kier alpha value is -2.17. The van der Waals surface area contributed by atoms with Gasteiger partial charge >= 0.3 is 0 Å². The summed E-state index contributed by atoms with van der Waals surface area (Å²) >= 11 is 7.77. The minimum atomic E-state index is 0.715. The summed E-state index contributed by atoms with van der Waals surface area (Å²) in [6.45, 7) is 0. The minimum absolute atomic E-state index is 0.715. The van der Waals surface area contributed by atoms with Gasteiger partial charge in [0.2, 0.25) is 0 Å². The van der Waals surface area contributed by atoms with Gasteiger partial charge in [-0.2, -0.15) is 0 Å². The number of nitrogens with zero attached hydrogens (tertiary/aromatic N) is 3. The van der Waals surface area contributed by atoms with Crippen LogP contribution in [0, 0.1) is 0 Å². The summed E-state index contributed by atoms with van der Waals surface area (Å²) in [6.07, 6.45) is 1.84. The lowest BCUT2D eigenvalue weighted by Crippen LogP contribution is -1.91. The van der Waals surface area contributed by atoms with E-state index in [0.29, 0.717) is 5.02 Å². The first-order valence-electron chi connectivity index (χ1n) is 6.83. The molecule has 0 atom stereocenters. The van der Waals surface area contributed by atoms with Gasteiger partial charge in [0.25, 0.3) is 0 Å². The number of thiazole rings is 1. The lowest BCUT2D eigenvalue weighted by molar-refractivity contribution is 0.922. The van der Waals surface area contributed by atoms with Gasteiger partial charge in [-0.3, -0.25) is 0 Å². The number of aromatic nitrogens is 3. The number of halogens is 1. The van der Waals surface area contributed by atoms with Crippen molar-refractivity contribution in [1.82, 2.24) is 14.5 Å². The monoisotopic (exact) mass is 325 g/mol. The highest BCUT2D eigenvalue weighted by Crippen LogP contribution is 2.33. The Morgan fingerprint density at radius 3 is 2.82 bits per heavy atom. The summed E-state index contributed by atoms with van der Waals surface area (Å²) in [5.74, 6) is 0. The van der Waals surface area contributed by atoms with Crippen LogP contribution in [0.1, 0.15) is 0 Å². The van der Waals surface area contributed by atoms with Gasteiger partial charge in [0, 0.05) is 23.2 Å². The first-order chi connectivity index (χ1) is 10.7. The van der Waals surface area contributed by atoms with E-state index in [4.69, 9.17) is 11.6 Å². The van der Waals surface area contributed by atoms with Crippen LogP contribution in [-0.2, 0) is 7.05 Å². The standard InChI is InChI=1S/C17H12ClN3S/c1-21-9-19-16(11-3-2-4-13(18)7-11)17(21)12-5-6-14-15(8-12)22-10-20-14/h2-10H,1H3. The van der Waals surface area contributed by atoms with E-state index < -0.39 is 0 Å². The molecule has 0 saturated heterocycles. The Balaban J connectivity index is 1.93. The maximum Gasteiger partial charge on any atom is 0.0963 e. The van der Waals surface area contributed by atoms with Crippen molar-refractivity contribution in [1.29, 1.82) is 0 Å². The summed E-state index contributed by atoms with van der Waals surface area (Å²) < 4.78 is 3.22. The Bertz CT molecular complexity index is 971. The van der Waals surface area contributed by atoms with Crippen LogP contribution in [0.2, 0.25) is 5.02 Å². The molecule has 0 aliphatic carbocycles. The zero-order valence-electron chi connectivity index (χ0n) is 11.8. The number of hydrogen-bond acceptors (Lipinski definition) is 3. The largest absolute Gasteiger partial charge is 0.333 e. The molecule has 0 spiro atoms. The highest BCUT2D eigenvalue weighted by molar-refractivity contribution is 7.16. The molecule has 22 heavy (non-hydrogen) atoms. The molecular weight excluding hydrogens is 314 g/mol. The number of fused-ring (bicyclic) bond motifs is 1. The van der Waals surface area contributed by atoms with Crippen molar-refractivity contribution in [2.75, 3.05) is 0 Å². The van der Waals surface area contributed by atoms with Crippen LogP contribution in [0.3, 0.4) is 0 Å². The fraction of sp³-hybridized carbons (Fsp3) is 0.0588. The zero-order valence-corrected chi connectivity index (χ0v) is 13.4. The van der Waals surface area contributed by atoms with Crippen LogP contribution < -0.4 is 0 Å². The second-order valence-corrected chi connectivity index (χ2v) is 6.42. The Morgan fingerprint density at radius 1 is 1.05 bits per heavy atom. The van der Waals surface area contributed by atoms with Crippen molar-refractivity contribution < 1.29 is 0 Å². The molecule has 4 rings (SSSR count). The Kier molecular flexibility index (Phi) is 3.21. The fourth-order valence-corrected chi connectivity index (χ4v) is 3.53. The highest BCUT2D eigenvalue weighted by Gasteiger charge is 2.14. The van der Waals surface area contributed by atoms with E-state index in [-0.39, 0.29) is 0 Å². The Labute approximate surface area is 136 Å². The molecule has 0 fully saturated rings. The molecule has 0 bridgehead atoms. The molecule has 0 aliphatic heterocycles. The van der Waals surface area contributed by atoms with Gasteiger partial charge in [-0.15, -0.1) is 11.3 Å². The second-order valence-electron chi connectivity index (χ2n) is 5.10. The van der Waals surface area contributed by atoms with E-state index in [0.717, 1.165) is 28.0 Å². The number of benzene rings is 2. The van der Waals surface area contributed by atoms with Crippen LogP contribution in [0.15, 0.2) is 54.3 Å². The molecule has 0 amide bonds. The topological polar surface area (TPSA) is 30.7 Å². The predicted octanol–water partition coefficient (Wildman–Crippen LogP) is 5.02. The van der Waals surface area contributed by atoms with Gasteiger partial charge in [-0.25, -0.2) is 9.97 Å². The second kappa shape index (κ2) is 5.23. The summed E-state index contributed by atoms with van der Waals surface area (Å²) in [6, 6.07) is 14.1. The fourth-order valence-electron chi connectivity index (χ4n) is 2.62. The summed E-state index contributed by atoms with van der Waals surface area (Å²) in [4.78, 5) is 8.90. The summed E-state index contributed by atoms with van der Waals surface area (Å²) in [5, 5.41) is 0.715. The highest BCUT2D eigenvalue weighted by atomic mass is 35.5. The normalized spacial score (nSPS) is 11.2. The molecule has 2 aromatic carbocycles. The van der Waals surface area contributed by atoms with E-state index in [9.17, 15) is 0 Å². The van der Waals surface area contributed by atoms with Crippen molar-refractivity contribution in [3.63, 3.8) is 0 Å². The van der Waals surface area contributed by atoms with Crippen molar-refractivity contribution in [3.05, 3.63) is 59.3 Å². The van der Waals surface area contributed by atoms with Crippen LogP contribution in [-0.4, -0.2) is 14.5 Å². The lowest BCUT2D eigenvalue weighted by Gasteiger charge is -2.07. The molecule has 2 aromatic heterocycles. The maximum atomic E-state index is 6.12. The SMILES string of the molecule is Cn1cnc(-c2cccc(Cl)c2)c1-c1ccc2ncsc2c1. The maximum absolute atomic E-state index is 6.12. The molecule has 2 heterocycles. The molecule has 108 valence electrons. The van der Waals surface area contributed by atoms with Crippen molar-refractivity contribution in [2.24, 2.45) is 7.05 Å². The number of hydrogen-bond donors (Lipinski definition) is 0. The van der Waals surface area contributed by atoms with Crippen LogP contribution in [0.25, 0.3) is 32.7 Å². The molecule has 0 N–H and O–H groups in total. The molecule has 4 aromatic rings. The Morgan fingerprint density at radius 2 is 1.95 bits per heavy atom. The van der Waals surface area contributed by atoms with Crippen molar-refractivity contribution in [2.45, 2.75) is 0 Å². The van der Waals surface area contributed by atoms with E-state index in [1.807, 2.05) is 47.7 Å². The third-order valence-corrected chi connectivity index (χ3v) is 4.67. The van der Waals surface area contributed by atoms with Gasteiger partial charge in [-0.05, 0) is 24.3 Å². The van der Waals surface area contributed by atoms with Gasteiger partial charge in [0.05, 0.1) is 33.4 Å². The molecule has 5 heteroatoms. The molecular formula is C17H12ClN3S. The minimum Gasteiger partial charge on any atom is -0.333 e. The number of aryl methyl sites for hydroxylation is 1. The molecule has 0 saturated carbocycles. The lowest BCUT2D eigenvalue weighted by atomic mass is 10.0. The van der Waals surface area contributed by atoms with Crippen LogP contribution >= 0.6 is 22.9 Å². The first kappa shape index (κ1) is 13.5. The number of imidazole rings is 1. The van der Waals surface area contributed by atoms with Gasteiger partial charge in [-0.1, -0.05) is 29.8 Å². The smallest absolute Gasteiger partial charge is 0.0963 e. The van der Waals surface area contributed by atoms with E-state index in [1.165, 1.54) is 4.70 Å². The summed E-state index contributed by atoms with van der Waals surface area (Å²) in [7, 11) is 2.01. The van der Waals surface area contributed by atoms with Crippen molar-refractivity contribution >= 4 is 33.2 Å². The van der Waals surface area contributed by atoms with Crippen LogP contribution in [0.4, 0.5) is 0 Å². The third kappa shape index (κ3) is 2.21. The third-order valence-electron chi connectivity index (χ3n) is 3.64.